The van der Waals surface area contributed by atoms with Crippen molar-refractivity contribution in [1.29, 1.82) is 0 Å². The number of fused-ring (bicyclic) bond motifs is 1. The maximum Gasteiger partial charge on any atom is 0.254 e. The van der Waals surface area contributed by atoms with E-state index in [1.165, 1.54) is 0 Å². The quantitative estimate of drug-likeness (QED) is 0.720. The van der Waals surface area contributed by atoms with E-state index in [0.29, 0.717) is 5.69 Å². The summed E-state index contributed by atoms with van der Waals surface area (Å²) < 4.78 is 0. The summed E-state index contributed by atoms with van der Waals surface area (Å²) in [5, 5.41) is 0. The van der Waals surface area contributed by atoms with Crippen molar-refractivity contribution >= 4 is 11.6 Å². The lowest BCUT2D eigenvalue weighted by Crippen LogP contribution is -2.24. The molecule has 0 radical (unpaired) electrons. The topological polar surface area (TPSA) is 46.3 Å². The Bertz CT molecular complexity index is 374. The highest BCUT2D eigenvalue weighted by Crippen LogP contribution is 2.24. The second-order valence-corrected chi connectivity index (χ2v) is 3.64. The van der Waals surface area contributed by atoms with E-state index in [4.69, 9.17) is 5.73 Å². The molecule has 14 heavy (non-hydrogen) atoms. The molecule has 0 bridgehead atoms. The third-order valence-corrected chi connectivity index (χ3v) is 2.51. The molecular formula is C11H14N2O. The van der Waals surface area contributed by atoms with E-state index < -0.39 is 0 Å². The van der Waals surface area contributed by atoms with Crippen molar-refractivity contribution in [3.05, 3.63) is 29.3 Å². The molecule has 1 aromatic rings. The van der Waals surface area contributed by atoms with Gasteiger partial charge in [-0.25, -0.2) is 0 Å². The molecule has 0 spiro atoms. The number of anilines is 1. The lowest BCUT2D eigenvalue weighted by atomic mass is 10.1. The molecule has 2 N–H and O–H groups in total. The van der Waals surface area contributed by atoms with Crippen LogP contribution in [0.5, 0.6) is 0 Å². The number of nitrogens with zero attached hydrogens (tertiary/aromatic N) is 1. The van der Waals surface area contributed by atoms with Crippen molar-refractivity contribution in [2.75, 3.05) is 12.3 Å². The van der Waals surface area contributed by atoms with Crippen LogP contribution in [0.1, 0.15) is 29.3 Å². The fraction of sp³-hybridized carbons (Fsp3) is 0.364. The van der Waals surface area contributed by atoms with Crippen LogP contribution in [0.3, 0.4) is 0 Å². The SMILES string of the molecule is CCCN1Cc2ccc(N)cc2C1=O. The second-order valence-electron chi connectivity index (χ2n) is 3.64. The highest BCUT2D eigenvalue weighted by Gasteiger charge is 2.26. The van der Waals surface area contributed by atoms with E-state index in [1.54, 1.807) is 6.07 Å². The number of rotatable bonds is 2. The van der Waals surface area contributed by atoms with Gasteiger partial charge in [0.05, 0.1) is 0 Å². The smallest absolute Gasteiger partial charge is 0.254 e. The molecule has 0 saturated carbocycles. The zero-order valence-corrected chi connectivity index (χ0v) is 8.29. The average Bonchev–Trinajstić information content (AvgIpc) is 2.46. The van der Waals surface area contributed by atoms with E-state index in [0.717, 1.165) is 30.6 Å². The third-order valence-electron chi connectivity index (χ3n) is 2.51. The molecular weight excluding hydrogens is 176 g/mol. The molecule has 0 fully saturated rings. The Morgan fingerprint density at radius 1 is 1.50 bits per heavy atom. The van der Waals surface area contributed by atoms with Gasteiger partial charge in [-0.05, 0) is 24.1 Å². The highest BCUT2D eigenvalue weighted by atomic mass is 16.2. The van der Waals surface area contributed by atoms with Gasteiger partial charge in [-0.3, -0.25) is 4.79 Å². The molecule has 0 unspecified atom stereocenters. The molecule has 2 rings (SSSR count). The summed E-state index contributed by atoms with van der Waals surface area (Å²) in [6.45, 7) is 3.64. The molecule has 3 nitrogen and oxygen atoms in total. The van der Waals surface area contributed by atoms with E-state index in [1.807, 2.05) is 17.0 Å². The van der Waals surface area contributed by atoms with E-state index in [9.17, 15) is 4.79 Å². The Hall–Kier alpha value is -1.51. The molecule has 0 aliphatic carbocycles. The minimum Gasteiger partial charge on any atom is -0.399 e. The van der Waals surface area contributed by atoms with Gasteiger partial charge in [0.2, 0.25) is 0 Å². The standard InChI is InChI=1S/C11H14N2O/c1-2-5-13-7-8-3-4-9(12)6-10(8)11(13)14/h3-4,6H,2,5,7,12H2,1H3. The van der Waals surface area contributed by atoms with Crippen molar-refractivity contribution in [2.45, 2.75) is 19.9 Å². The Morgan fingerprint density at radius 3 is 3.00 bits per heavy atom. The first-order valence-electron chi connectivity index (χ1n) is 4.90. The largest absolute Gasteiger partial charge is 0.399 e. The molecule has 1 aromatic carbocycles. The zero-order valence-electron chi connectivity index (χ0n) is 8.29. The minimum absolute atomic E-state index is 0.120. The first-order chi connectivity index (χ1) is 6.72. The summed E-state index contributed by atoms with van der Waals surface area (Å²) in [5.74, 6) is 0.120. The van der Waals surface area contributed by atoms with Crippen LogP contribution < -0.4 is 5.73 Å². The van der Waals surface area contributed by atoms with Gasteiger partial charge in [-0.1, -0.05) is 13.0 Å². The van der Waals surface area contributed by atoms with Gasteiger partial charge in [0.15, 0.2) is 0 Å². The molecule has 1 aliphatic heterocycles. The van der Waals surface area contributed by atoms with Crippen LogP contribution in [0.2, 0.25) is 0 Å². The summed E-state index contributed by atoms with van der Waals surface area (Å²) in [6.07, 6.45) is 0.995. The molecule has 1 heterocycles. The predicted molar refractivity (Wildman–Crippen MR) is 55.9 cm³/mol. The Labute approximate surface area is 83.5 Å². The minimum atomic E-state index is 0.120. The Morgan fingerprint density at radius 2 is 2.29 bits per heavy atom. The number of amides is 1. The number of carbonyl (C=O) groups is 1. The number of hydrogen-bond donors (Lipinski definition) is 1. The summed E-state index contributed by atoms with van der Waals surface area (Å²) >= 11 is 0. The maximum atomic E-state index is 11.8. The maximum absolute atomic E-state index is 11.8. The van der Waals surface area contributed by atoms with Gasteiger partial charge in [0.1, 0.15) is 0 Å². The number of nitrogens with two attached hydrogens (primary N) is 1. The number of hydrogen-bond acceptors (Lipinski definition) is 2. The Kier molecular flexibility index (Phi) is 2.15. The first kappa shape index (κ1) is 9.06. The number of nitrogen functional groups attached to an aromatic ring is 1. The molecule has 1 aliphatic rings. The molecule has 74 valence electrons. The zero-order chi connectivity index (χ0) is 10.1. The van der Waals surface area contributed by atoms with Crippen LogP contribution >= 0.6 is 0 Å². The van der Waals surface area contributed by atoms with E-state index in [2.05, 4.69) is 6.92 Å². The van der Waals surface area contributed by atoms with Crippen molar-refractivity contribution in [1.82, 2.24) is 4.90 Å². The fourth-order valence-electron chi connectivity index (χ4n) is 1.83. The van der Waals surface area contributed by atoms with Crippen molar-refractivity contribution in [2.24, 2.45) is 0 Å². The van der Waals surface area contributed by atoms with Gasteiger partial charge in [0.25, 0.3) is 5.91 Å². The van der Waals surface area contributed by atoms with Crippen LogP contribution in [0.25, 0.3) is 0 Å². The van der Waals surface area contributed by atoms with Crippen molar-refractivity contribution in [3.8, 4) is 0 Å². The van der Waals surface area contributed by atoms with Gasteiger partial charge in [-0.2, -0.15) is 0 Å². The van der Waals surface area contributed by atoms with Gasteiger partial charge in [-0.15, -0.1) is 0 Å². The molecule has 0 saturated heterocycles. The van der Waals surface area contributed by atoms with Gasteiger partial charge < -0.3 is 10.6 Å². The number of benzene rings is 1. The third kappa shape index (κ3) is 1.35. The fourth-order valence-corrected chi connectivity index (χ4v) is 1.83. The normalized spacial score (nSPS) is 14.6. The van der Waals surface area contributed by atoms with Crippen LogP contribution in [0.4, 0.5) is 5.69 Å². The number of carbonyl (C=O) groups excluding carboxylic acids is 1. The molecule has 0 atom stereocenters. The van der Waals surface area contributed by atoms with Gasteiger partial charge >= 0.3 is 0 Å². The Balaban J connectivity index is 2.31. The van der Waals surface area contributed by atoms with Crippen molar-refractivity contribution in [3.63, 3.8) is 0 Å². The van der Waals surface area contributed by atoms with Crippen LogP contribution in [-0.2, 0) is 6.54 Å². The summed E-state index contributed by atoms with van der Waals surface area (Å²) in [6, 6.07) is 5.56. The van der Waals surface area contributed by atoms with Crippen LogP contribution in [-0.4, -0.2) is 17.4 Å². The predicted octanol–water partition coefficient (Wildman–Crippen LogP) is 1.63. The lowest BCUT2D eigenvalue weighted by molar-refractivity contribution is 0.0778. The summed E-state index contributed by atoms with van der Waals surface area (Å²) in [7, 11) is 0. The van der Waals surface area contributed by atoms with Crippen LogP contribution in [0.15, 0.2) is 18.2 Å². The second kappa shape index (κ2) is 3.33. The lowest BCUT2D eigenvalue weighted by Gasteiger charge is -2.13. The van der Waals surface area contributed by atoms with E-state index >= 15 is 0 Å². The molecule has 3 heteroatoms. The summed E-state index contributed by atoms with van der Waals surface area (Å²) in [5.41, 5.74) is 8.18. The first-order valence-corrected chi connectivity index (χ1v) is 4.90. The summed E-state index contributed by atoms with van der Waals surface area (Å²) in [4.78, 5) is 13.7. The molecule has 1 amide bonds. The molecule has 0 aromatic heterocycles. The highest BCUT2D eigenvalue weighted by molar-refractivity contribution is 5.99. The average molecular weight is 190 g/mol. The van der Waals surface area contributed by atoms with Crippen molar-refractivity contribution < 1.29 is 4.79 Å². The van der Waals surface area contributed by atoms with Crippen LogP contribution in [0, 0.1) is 0 Å². The van der Waals surface area contributed by atoms with Gasteiger partial charge in [0, 0.05) is 24.3 Å². The van der Waals surface area contributed by atoms with E-state index in [-0.39, 0.29) is 5.91 Å². The monoisotopic (exact) mass is 190 g/mol.